The van der Waals surface area contributed by atoms with Crippen molar-refractivity contribution in [1.82, 2.24) is 25.1 Å². The average Bonchev–Trinajstić information content (AvgIpc) is 3.31. The van der Waals surface area contributed by atoms with E-state index < -0.39 is 0 Å². The summed E-state index contributed by atoms with van der Waals surface area (Å²) in [6, 6.07) is 8.03. The van der Waals surface area contributed by atoms with Crippen LogP contribution in [-0.4, -0.2) is 51.2 Å². The predicted molar refractivity (Wildman–Crippen MR) is 107 cm³/mol. The van der Waals surface area contributed by atoms with Gasteiger partial charge in [0.25, 0.3) is 0 Å². The monoisotopic (exact) mass is 378 g/mol. The molecule has 4 heterocycles. The van der Waals surface area contributed by atoms with Crippen molar-refractivity contribution in [1.29, 1.82) is 0 Å². The van der Waals surface area contributed by atoms with E-state index in [4.69, 9.17) is 4.98 Å². The molecule has 138 valence electrons. The van der Waals surface area contributed by atoms with Crippen LogP contribution in [0.3, 0.4) is 0 Å². The van der Waals surface area contributed by atoms with Crippen molar-refractivity contribution >= 4 is 17.2 Å². The highest BCUT2D eigenvalue weighted by atomic mass is 32.1. The van der Waals surface area contributed by atoms with Crippen LogP contribution in [0.2, 0.25) is 0 Å². The SMILES string of the molecule is c1cc(-c2ccc(N3CCN(Cc4nc5c(s4)CCC5)CC3)nn2)ccn1. The number of anilines is 1. The first-order valence-corrected chi connectivity index (χ1v) is 10.4. The molecule has 7 heteroatoms. The van der Waals surface area contributed by atoms with Gasteiger partial charge in [0, 0.05) is 49.0 Å². The first-order chi connectivity index (χ1) is 13.3. The number of hydrogen-bond donors (Lipinski definition) is 0. The second-order valence-corrected chi connectivity index (χ2v) is 8.28. The molecule has 3 aromatic rings. The standard InChI is InChI=1S/C20H22N6S/c1-2-17-18(3-1)27-20(22-17)14-25-10-12-26(13-11-25)19-5-4-16(23-24-19)15-6-8-21-9-7-15/h4-9H,1-3,10-14H2. The van der Waals surface area contributed by atoms with Gasteiger partial charge in [0.05, 0.1) is 17.9 Å². The summed E-state index contributed by atoms with van der Waals surface area (Å²) < 4.78 is 0. The topological polar surface area (TPSA) is 58.0 Å². The predicted octanol–water partition coefficient (Wildman–Crippen LogP) is 2.81. The third-order valence-corrected chi connectivity index (χ3v) is 6.46. The van der Waals surface area contributed by atoms with Crippen molar-refractivity contribution in [2.45, 2.75) is 25.8 Å². The van der Waals surface area contributed by atoms with Crippen LogP contribution in [0.5, 0.6) is 0 Å². The highest BCUT2D eigenvalue weighted by Crippen LogP contribution is 2.28. The number of piperazine rings is 1. The Kier molecular flexibility index (Phi) is 4.55. The van der Waals surface area contributed by atoms with Gasteiger partial charge in [-0.1, -0.05) is 0 Å². The number of nitrogens with zero attached hydrogens (tertiary/aromatic N) is 6. The number of rotatable bonds is 4. The first-order valence-electron chi connectivity index (χ1n) is 9.54. The lowest BCUT2D eigenvalue weighted by molar-refractivity contribution is 0.248. The van der Waals surface area contributed by atoms with Gasteiger partial charge in [-0.05, 0) is 43.5 Å². The Labute approximate surface area is 162 Å². The fraction of sp³-hybridized carbons (Fsp3) is 0.400. The van der Waals surface area contributed by atoms with Crippen LogP contribution in [-0.2, 0) is 19.4 Å². The first kappa shape index (κ1) is 16.8. The highest BCUT2D eigenvalue weighted by Gasteiger charge is 2.22. The van der Waals surface area contributed by atoms with Crippen LogP contribution in [0.4, 0.5) is 5.82 Å². The van der Waals surface area contributed by atoms with E-state index >= 15 is 0 Å². The molecule has 3 aromatic heterocycles. The van der Waals surface area contributed by atoms with E-state index in [-0.39, 0.29) is 0 Å². The Morgan fingerprint density at radius 2 is 1.78 bits per heavy atom. The zero-order valence-electron chi connectivity index (χ0n) is 15.2. The van der Waals surface area contributed by atoms with Gasteiger partial charge in [0.1, 0.15) is 5.01 Å². The number of fused-ring (bicyclic) bond motifs is 1. The van der Waals surface area contributed by atoms with E-state index in [1.165, 1.54) is 34.8 Å². The molecule has 27 heavy (non-hydrogen) atoms. The van der Waals surface area contributed by atoms with Crippen molar-refractivity contribution in [3.63, 3.8) is 0 Å². The minimum atomic E-state index is 0.886. The Bertz CT molecular complexity index is 878. The minimum absolute atomic E-state index is 0.886. The molecule has 2 aliphatic rings. The Balaban J connectivity index is 1.19. The molecule has 5 rings (SSSR count). The Morgan fingerprint density at radius 3 is 2.52 bits per heavy atom. The molecule has 0 spiro atoms. The van der Waals surface area contributed by atoms with Crippen molar-refractivity contribution < 1.29 is 0 Å². The molecule has 0 unspecified atom stereocenters. The maximum absolute atomic E-state index is 4.84. The van der Waals surface area contributed by atoms with Crippen molar-refractivity contribution in [3.8, 4) is 11.3 Å². The number of pyridine rings is 1. The normalized spacial score (nSPS) is 17.3. The van der Waals surface area contributed by atoms with Gasteiger partial charge in [0.15, 0.2) is 5.82 Å². The van der Waals surface area contributed by atoms with Crippen LogP contribution in [0.15, 0.2) is 36.7 Å². The molecule has 1 aliphatic carbocycles. The summed E-state index contributed by atoms with van der Waals surface area (Å²) in [5, 5.41) is 10.1. The molecule has 0 aromatic carbocycles. The van der Waals surface area contributed by atoms with Gasteiger partial charge in [-0.25, -0.2) is 4.98 Å². The minimum Gasteiger partial charge on any atom is -0.353 e. The van der Waals surface area contributed by atoms with Gasteiger partial charge in [0.2, 0.25) is 0 Å². The molecular formula is C20H22N6S. The maximum Gasteiger partial charge on any atom is 0.151 e. The molecule has 1 aliphatic heterocycles. The highest BCUT2D eigenvalue weighted by molar-refractivity contribution is 7.11. The van der Waals surface area contributed by atoms with E-state index in [2.05, 4.69) is 31.0 Å². The van der Waals surface area contributed by atoms with Crippen LogP contribution >= 0.6 is 11.3 Å². The van der Waals surface area contributed by atoms with Crippen LogP contribution in [0.25, 0.3) is 11.3 Å². The molecular weight excluding hydrogens is 356 g/mol. The number of hydrogen-bond acceptors (Lipinski definition) is 7. The summed E-state index contributed by atoms with van der Waals surface area (Å²) in [6.45, 7) is 5.02. The van der Waals surface area contributed by atoms with Crippen molar-refractivity contribution in [2.24, 2.45) is 0 Å². The van der Waals surface area contributed by atoms with Crippen LogP contribution in [0.1, 0.15) is 22.0 Å². The summed E-state index contributed by atoms with van der Waals surface area (Å²) in [5.74, 6) is 0.959. The third-order valence-electron chi connectivity index (χ3n) is 5.32. The summed E-state index contributed by atoms with van der Waals surface area (Å²) in [4.78, 5) is 15.2. The van der Waals surface area contributed by atoms with Crippen molar-refractivity contribution in [2.75, 3.05) is 31.1 Å². The molecule has 0 saturated carbocycles. The zero-order chi connectivity index (χ0) is 18.1. The molecule has 0 radical (unpaired) electrons. The van der Waals surface area contributed by atoms with E-state index in [9.17, 15) is 0 Å². The Morgan fingerprint density at radius 1 is 0.926 bits per heavy atom. The molecule has 0 bridgehead atoms. The summed E-state index contributed by atoms with van der Waals surface area (Å²) in [6.07, 6.45) is 7.25. The maximum atomic E-state index is 4.84. The van der Waals surface area contributed by atoms with Gasteiger partial charge >= 0.3 is 0 Å². The molecule has 0 N–H and O–H groups in total. The summed E-state index contributed by atoms with van der Waals surface area (Å²) >= 11 is 1.92. The lowest BCUT2D eigenvalue weighted by Crippen LogP contribution is -2.46. The van der Waals surface area contributed by atoms with Crippen LogP contribution < -0.4 is 4.90 Å². The lowest BCUT2D eigenvalue weighted by Gasteiger charge is -2.34. The largest absolute Gasteiger partial charge is 0.353 e. The fourth-order valence-electron chi connectivity index (χ4n) is 3.81. The van der Waals surface area contributed by atoms with Gasteiger partial charge in [-0.15, -0.1) is 21.5 Å². The summed E-state index contributed by atoms with van der Waals surface area (Å²) in [5.41, 5.74) is 3.29. The average molecular weight is 379 g/mol. The second kappa shape index (κ2) is 7.32. The van der Waals surface area contributed by atoms with Crippen LogP contribution in [0, 0.1) is 0 Å². The molecule has 0 atom stereocenters. The molecule has 6 nitrogen and oxygen atoms in total. The lowest BCUT2D eigenvalue weighted by atomic mass is 10.2. The number of aromatic nitrogens is 4. The van der Waals surface area contributed by atoms with Crippen molar-refractivity contribution in [3.05, 3.63) is 52.2 Å². The van der Waals surface area contributed by atoms with E-state index in [1.807, 2.05) is 29.5 Å². The Hall–Kier alpha value is -2.38. The van der Waals surface area contributed by atoms with Gasteiger partial charge in [-0.2, -0.15) is 0 Å². The van der Waals surface area contributed by atoms with Gasteiger partial charge in [-0.3, -0.25) is 9.88 Å². The molecule has 1 saturated heterocycles. The molecule has 1 fully saturated rings. The molecule has 0 amide bonds. The quantitative estimate of drug-likeness (QED) is 0.696. The fourth-order valence-corrected chi connectivity index (χ4v) is 5.01. The van der Waals surface area contributed by atoms with E-state index in [1.54, 1.807) is 12.4 Å². The van der Waals surface area contributed by atoms with Gasteiger partial charge < -0.3 is 4.90 Å². The number of aryl methyl sites for hydroxylation is 2. The summed E-state index contributed by atoms with van der Waals surface area (Å²) in [7, 11) is 0. The second-order valence-electron chi connectivity index (χ2n) is 7.11. The smallest absolute Gasteiger partial charge is 0.151 e. The number of thiazole rings is 1. The van der Waals surface area contributed by atoms with E-state index in [0.29, 0.717) is 0 Å². The third kappa shape index (κ3) is 3.57. The van der Waals surface area contributed by atoms with E-state index in [0.717, 1.165) is 49.8 Å². The zero-order valence-corrected chi connectivity index (χ0v) is 16.0.